The molecule has 1 aromatic heterocycles. The van der Waals surface area contributed by atoms with Gasteiger partial charge in [0.2, 0.25) is 5.91 Å². The minimum atomic E-state index is -0.426. The van der Waals surface area contributed by atoms with E-state index in [4.69, 9.17) is 13.9 Å². The molecule has 0 aliphatic carbocycles. The van der Waals surface area contributed by atoms with Crippen LogP contribution in [0.5, 0.6) is 11.5 Å². The fourth-order valence-corrected chi connectivity index (χ4v) is 4.38. The van der Waals surface area contributed by atoms with Gasteiger partial charge in [-0.15, -0.1) is 0 Å². The van der Waals surface area contributed by atoms with Gasteiger partial charge in [-0.3, -0.25) is 9.36 Å². The van der Waals surface area contributed by atoms with Crippen molar-refractivity contribution < 1.29 is 18.7 Å². The van der Waals surface area contributed by atoms with Gasteiger partial charge in [-0.2, -0.15) is 0 Å². The lowest BCUT2D eigenvalue weighted by molar-refractivity contribution is -0.132. The van der Waals surface area contributed by atoms with Gasteiger partial charge in [-0.25, -0.2) is 4.79 Å². The normalized spacial score (nSPS) is 18.5. The Morgan fingerprint density at radius 3 is 2.77 bits per heavy atom. The number of fused-ring (bicyclic) bond motifs is 2. The second-order valence-electron chi connectivity index (χ2n) is 7.74. The Bertz CT molecular complexity index is 1130. The molecule has 7 heteroatoms. The first-order chi connectivity index (χ1) is 14.7. The van der Waals surface area contributed by atoms with Crippen molar-refractivity contribution in [3.8, 4) is 11.5 Å². The van der Waals surface area contributed by atoms with E-state index in [1.165, 1.54) is 4.57 Å². The second kappa shape index (κ2) is 7.89. The molecule has 156 valence electrons. The van der Waals surface area contributed by atoms with Crippen molar-refractivity contribution in [3.05, 3.63) is 58.6 Å². The molecule has 1 fully saturated rings. The van der Waals surface area contributed by atoms with Gasteiger partial charge in [0, 0.05) is 25.9 Å². The summed E-state index contributed by atoms with van der Waals surface area (Å²) in [4.78, 5) is 27.1. The first-order valence-electron chi connectivity index (χ1n) is 10.5. The number of nitrogens with zero attached hydrogens (tertiary/aromatic N) is 2. The van der Waals surface area contributed by atoms with Crippen LogP contribution in [0.25, 0.3) is 11.1 Å². The number of oxazole rings is 1. The number of hydrogen-bond acceptors (Lipinski definition) is 5. The zero-order valence-electron chi connectivity index (χ0n) is 16.7. The monoisotopic (exact) mass is 408 g/mol. The molecule has 0 unspecified atom stereocenters. The third-order valence-electron chi connectivity index (χ3n) is 5.85. The Labute approximate surface area is 173 Å². The van der Waals surface area contributed by atoms with Gasteiger partial charge in [0.1, 0.15) is 0 Å². The Morgan fingerprint density at radius 1 is 1.03 bits per heavy atom. The second-order valence-corrected chi connectivity index (χ2v) is 7.74. The van der Waals surface area contributed by atoms with E-state index in [2.05, 4.69) is 0 Å². The maximum atomic E-state index is 13.0. The predicted octanol–water partition coefficient (Wildman–Crippen LogP) is 3.51. The number of aryl methyl sites for hydroxylation is 1. The first-order valence-corrected chi connectivity index (χ1v) is 10.5. The number of ether oxygens (including phenoxy) is 2. The minimum absolute atomic E-state index is 0.0208. The van der Waals surface area contributed by atoms with Gasteiger partial charge in [0.05, 0.1) is 24.8 Å². The van der Waals surface area contributed by atoms with Gasteiger partial charge in [0.25, 0.3) is 0 Å². The van der Waals surface area contributed by atoms with Gasteiger partial charge in [-0.05, 0) is 42.7 Å². The van der Waals surface area contributed by atoms with E-state index in [-0.39, 0.29) is 18.4 Å². The van der Waals surface area contributed by atoms with Gasteiger partial charge < -0.3 is 18.8 Å². The molecule has 5 rings (SSSR count). The van der Waals surface area contributed by atoms with Crippen LogP contribution >= 0.6 is 0 Å². The van der Waals surface area contributed by atoms with Crippen LogP contribution in [0.1, 0.15) is 37.3 Å². The summed E-state index contributed by atoms with van der Waals surface area (Å²) in [7, 11) is 0. The van der Waals surface area contributed by atoms with Crippen LogP contribution in [0, 0.1) is 0 Å². The molecule has 0 saturated carbocycles. The fraction of sp³-hybridized carbons (Fsp3) is 0.391. The number of aromatic nitrogens is 1. The van der Waals surface area contributed by atoms with Crippen molar-refractivity contribution >= 4 is 17.0 Å². The van der Waals surface area contributed by atoms with Crippen molar-refractivity contribution in [2.24, 2.45) is 0 Å². The number of carbonyl (C=O) groups is 1. The van der Waals surface area contributed by atoms with E-state index in [1.54, 1.807) is 6.07 Å². The molecule has 1 atom stereocenters. The molecule has 0 spiro atoms. The van der Waals surface area contributed by atoms with Gasteiger partial charge in [0.15, 0.2) is 17.1 Å². The molecule has 30 heavy (non-hydrogen) atoms. The quantitative estimate of drug-likeness (QED) is 0.661. The van der Waals surface area contributed by atoms with Gasteiger partial charge >= 0.3 is 5.76 Å². The van der Waals surface area contributed by atoms with Crippen LogP contribution in [0.4, 0.5) is 0 Å². The zero-order chi connectivity index (χ0) is 20.5. The van der Waals surface area contributed by atoms with Crippen molar-refractivity contribution in [3.63, 3.8) is 0 Å². The minimum Gasteiger partial charge on any atom is -0.490 e. The molecule has 1 saturated heterocycles. The Kier molecular flexibility index (Phi) is 4.94. The van der Waals surface area contributed by atoms with Crippen molar-refractivity contribution in [1.29, 1.82) is 0 Å². The summed E-state index contributed by atoms with van der Waals surface area (Å²) >= 11 is 0. The third kappa shape index (κ3) is 3.44. The van der Waals surface area contributed by atoms with Gasteiger partial charge in [-0.1, -0.05) is 18.2 Å². The zero-order valence-corrected chi connectivity index (χ0v) is 16.7. The molecule has 2 aromatic carbocycles. The molecular formula is C23H24N2O5. The number of hydrogen-bond donors (Lipinski definition) is 0. The summed E-state index contributed by atoms with van der Waals surface area (Å²) in [6.07, 6.45) is 2.99. The van der Waals surface area contributed by atoms with E-state index < -0.39 is 5.76 Å². The first kappa shape index (κ1) is 18.8. The van der Waals surface area contributed by atoms with Crippen LogP contribution in [0.15, 0.2) is 51.7 Å². The highest BCUT2D eigenvalue weighted by molar-refractivity contribution is 5.78. The molecule has 0 radical (unpaired) electrons. The average Bonchev–Trinajstić information content (AvgIpc) is 3.29. The van der Waals surface area contributed by atoms with E-state index in [0.717, 1.165) is 48.4 Å². The molecule has 0 N–H and O–H groups in total. The largest absolute Gasteiger partial charge is 0.490 e. The molecule has 2 aliphatic heterocycles. The van der Waals surface area contributed by atoms with E-state index in [0.29, 0.717) is 25.3 Å². The Morgan fingerprint density at radius 2 is 1.87 bits per heavy atom. The molecular weight excluding hydrogens is 384 g/mol. The topological polar surface area (TPSA) is 73.9 Å². The molecule has 2 aliphatic rings. The van der Waals surface area contributed by atoms with Crippen LogP contribution in [0.3, 0.4) is 0 Å². The molecule has 0 bridgehead atoms. The number of likely N-dealkylation sites (tertiary alicyclic amines) is 1. The molecule has 7 nitrogen and oxygen atoms in total. The standard InChI is InChI=1S/C23H24N2O5/c26-22(10-12-25-18-5-1-2-7-19(18)30-23(25)27)24-11-3-6-17(24)16-8-9-20-21(15-16)29-14-4-13-28-20/h1-2,5,7-9,15,17H,3-4,6,10-14H2/t17-/m1/s1. The maximum absolute atomic E-state index is 13.0. The summed E-state index contributed by atoms with van der Waals surface area (Å²) in [5.41, 5.74) is 2.33. The summed E-state index contributed by atoms with van der Waals surface area (Å²) in [6, 6.07) is 13.3. The van der Waals surface area contributed by atoms with Crippen LogP contribution in [0.2, 0.25) is 0 Å². The van der Waals surface area contributed by atoms with Crippen LogP contribution < -0.4 is 15.2 Å². The SMILES string of the molecule is O=C(CCn1c(=O)oc2ccccc21)N1CCC[C@@H]1c1ccc2c(c1)OCCCO2. The number of carbonyl (C=O) groups excluding carboxylic acids is 1. The number of rotatable bonds is 4. The summed E-state index contributed by atoms with van der Waals surface area (Å²) < 4.78 is 18.3. The highest BCUT2D eigenvalue weighted by atomic mass is 16.5. The van der Waals surface area contributed by atoms with Crippen LogP contribution in [-0.2, 0) is 11.3 Å². The lowest BCUT2D eigenvalue weighted by Gasteiger charge is -2.26. The summed E-state index contributed by atoms with van der Waals surface area (Å²) in [6.45, 7) is 2.32. The Balaban J connectivity index is 1.32. The maximum Gasteiger partial charge on any atom is 0.419 e. The highest BCUT2D eigenvalue weighted by Crippen LogP contribution is 2.38. The number of benzene rings is 2. The van der Waals surface area contributed by atoms with Crippen molar-refractivity contribution in [2.75, 3.05) is 19.8 Å². The highest BCUT2D eigenvalue weighted by Gasteiger charge is 2.30. The van der Waals surface area contributed by atoms with E-state index >= 15 is 0 Å². The van der Waals surface area contributed by atoms with E-state index in [9.17, 15) is 9.59 Å². The predicted molar refractivity (Wildman–Crippen MR) is 111 cm³/mol. The van der Waals surface area contributed by atoms with Crippen molar-refractivity contribution in [1.82, 2.24) is 9.47 Å². The molecule has 3 aromatic rings. The molecule has 1 amide bonds. The average molecular weight is 408 g/mol. The van der Waals surface area contributed by atoms with E-state index in [1.807, 2.05) is 41.3 Å². The summed E-state index contributed by atoms with van der Waals surface area (Å²) in [5.74, 6) is 1.13. The fourth-order valence-electron chi connectivity index (χ4n) is 4.38. The lowest BCUT2D eigenvalue weighted by Crippen LogP contribution is -2.32. The number of para-hydroxylation sites is 2. The smallest absolute Gasteiger partial charge is 0.419 e. The number of amides is 1. The summed E-state index contributed by atoms with van der Waals surface area (Å²) in [5, 5.41) is 0. The Hall–Kier alpha value is -3.22. The van der Waals surface area contributed by atoms with Crippen molar-refractivity contribution in [2.45, 2.75) is 38.3 Å². The molecule has 3 heterocycles. The van der Waals surface area contributed by atoms with Crippen LogP contribution in [-0.4, -0.2) is 35.1 Å². The lowest BCUT2D eigenvalue weighted by atomic mass is 10.0. The third-order valence-corrected chi connectivity index (χ3v) is 5.85.